The van der Waals surface area contributed by atoms with Gasteiger partial charge in [-0.05, 0) is 40.2 Å². The van der Waals surface area contributed by atoms with E-state index in [9.17, 15) is 0 Å². The standard InChI is InChI=1S/C13H22N2O2S/c1-6-16-12(17-7-2)8-18-13-14-10(4)9(3)11(5)15-13/h12H,6-8H2,1-5H3. The van der Waals surface area contributed by atoms with Crippen LogP contribution in [0.4, 0.5) is 0 Å². The maximum absolute atomic E-state index is 5.49. The van der Waals surface area contributed by atoms with E-state index in [1.807, 2.05) is 34.6 Å². The van der Waals surface area contributed by atoms with E-state index in [2.05, 4.69) is 9.97 Å². The zero-order valence-corrected chi connectivity index (χ0v) is 12.6. The first kappa shape index (κ1) is 15.4. The number of nitrogens with zero attached hydrogens (tertiary/aromatic N) is 2. The molecule has 0 spiro atoms. The Morgan fingerprint density at radius 1 is 1.00 bits per heavy atom. The maximum Gasteiger partial charge on any atom is 0.188 e. The molecule has 0 saturated carbocycles. The molecule has 0 unspecified atom stereocenters. The topological polar surface area (TPSA) is 44.2 Å². The molecular formula is C13H22N2O2S. The van der Waals surface area contributed by atoms with Gasteiger partial charge in [0.1, 0.15) is 0 Å². The number of hydrogen-bond donors (Lipinski definition) is 0. The van der Waals surface area contributed by atoms with Crippen LogP contribution in [0.1, 0.15) is 30.8 Å². The summed E-state index contributed by atoms with van der Waals surface area (Å²) in [6, 6.07) is 0. The van der Waals surface area contributed by atoms with E-state index >= 15 is 0 Å². The van der Waals surface area contributed by atoms with Crippen LogP contribution >= 0.6 is 11.8 Å². The summed E-state index contributed by atoms with van der Waals surface area (Å²) in [6.07, 6.45) is -0.185. The molecular weight excluding hydrogens is 248 g/mol. The maximum atomic E-state index is 5.49. The van der Waals surface area contributed by atoms with E-state index in [4.69, 9.17) is 9.47 Å². The van der Waals surface area contributed by atoms with Gasteiger partial charge in [0.05, 0.1) is 5.75 Å². The molecule has 0 fully saturated rings. The molecule has 18 heavy (non-hydrogen) atoms. The Balaban J connectivity index is 2.61. The fraction of sp³-hybridized carbons (Fsp3) is 0.692. The van der Waals surface area contributed by atoms with Gasteiger partial charge in [-0.25, -0.2) is 9.97 Å². The molecule has 0 aliphatic rings. The molecule has 0 aliphatic carbocycles. The van der Waals surface area contributed by atoms with Gasteiger partial charge in [-0.1, -0.05) is 11.8 Å². The summed E-state index contributed by atoms with van der Waals surface area (Å²) in [5.41, 5.74) is 3.23. The van der Waals surface area contributed by atoms with E-state index in [0.717, 1.165) is 22.1 Å². The smallest absolute Gasteiger partial charge is 0.188 e. The van der Waals surface area contributed by atoms with E-state index in [1.165, 1.54) is 0 Å². The molecule has 0 saturated heterocycles. The van der Waals surface area contributed by atoms with Gasteiger partial charge >= 0.3 is 0 Å². The number of ether oxygens (including phenoxy) is 2. The van der Waals surface area contributed by atoms with Crippen molar-refractivity contribution in [1.82, 2.24) is 9.97 Å². The Kier molecular flexibility index (Phi) is 6.60. The van der Waals surface area contributed by atoms with E-state index in [0.29, 0.717) is 19.0 Å². The second kappa shape index (κ2) is 7.71. The third kappa shape index (κ3) is 4.55. The van der Waals surface area contributed by atoms with Gasteiger partial charge in [0.15, 0.2) is 11.4 Å². The number of aryl methyl sites for hydroxylation is 2. The summed E-state index contributed by atoms with van der Waals surface area (Å²) < 4.78 is 11.0. The lowest BCUT2D eigenvalue weighted by molar-refractivity contribution is -0.120. The fourth-order valence-corrected chi connectivity index (χ4v) is 2.35. The van der Waals surface area contributed by atoms with Crippen LogP contribution in [-0.2, 0) is 9.47 Å². The molecule has 0 amide bonds. The van der Waals surface area contributed by atoms with Gasteiger partial charge in [-0.15, -0.1) is 0 Å². The van der Waals surface area contributed by atoms with E-state index in [1.54, 1.807) is 11.8 Å². The zero-order valence-electron chi connectivity index (χ0n) is 11.8. The second-order valence-electron chi connectivity index (χ2n) is 3.95. The first-order chi connectivity index (χ1) is 8.58. The largest absolute Gasteiger partial charge is 0.352 e. The van der Waals surface area contributed by atoms with Crippen LogP contribution in [0.25, 0.3) is 0 Å². The van der Waals surface area contributed by atoms with Crippen LogP contribution in [0.2, 0.25) is 0 Å². The summed E-state index contributed by atoms with van der Waals surface area (Å²) in [5, 5.41) is 0.792. The quantitative estimate of drug-likeness (QED) is 0.433. The van der Waals surface area contributed by atoms with E-state index in [-0.39, 0.29) is 6.29 Å². The Morgan fingerprint density at radius 3 is 1.94 bits per heavy atom. The molecule has 1 aromatic heterocycles. The fourth-order valence-electron chi connectivity index (χ4n) is 1.46. The number of aromatic nitrogens is 2. The van der Waals surface area contributed by atoms with Gasteiger partial charge in [-0.2, -0.15) is 0 Å². The predicted molar refractivity (Wildman–Crippen MR) is 74.0 cm³/mol. The van der Waals surface area contributed by atoms with Crippen molar-refractivity contribution >= 4 is 11.8 Å². The normalized spacial score (nSPS) is 11.2. The third-order valence-corrected chi connectivity index (χ3v) is 3.55. The molecule has 0 aliphatic heterocycles. The van der Waals surface area contributed by atoms with Gasteiger partial charge < -0.3 is 9.47 Å². The number of hydrogen-bond acceptors (Lipinski definition) is 5. The minimum absolute atomic E-state index is 0.185. The summed E-state index contributed by atoms with van der Waals surface area (Å²) >= 11 is 1.57. The molecule has 0 aromatic carbocycles. The Bertz CT molecular complexity index is 356. The van der Waals surface area contributed by atoms with Crippen molar-refractivity contribution in [2.45, 2.75) is 46.1 Å². The van der Waals surface area contributed by atoms with Gasteiger partial charge in [0.2, 0.25) is 0 Å². The third-order valence-electron chi connectivity index (χ3n) is 2.67. The zero-order chi connectivity index (χ0) is 13.5. The predicted octanol–water partition coefficient (Wildman–Crippen LogP) is 2.89. The molecule has 102 valence electrons. The Hall–Kier alpha value is -0.650. The van der Waals surface area contributed by atoms with Crippen LogP contribution in [-0.4, -0.2) is 35.2 Å². The monoisotopic (exact) mass is 270 g/mol. The minimum atomic E-state index is -0.185. The first-order valence-electron chi connectivity index (χ1n) is 6.26. The van der Waals surface area contributed by atoms with Crippen molar-refractivity contribution in [3.05, 3.63) is 17.0 Å². The average molecular weight is 270 g/mol. The average Bonchev–Trinajstić information content (AvgIpc) is 2.33. The Labute approximate surface area is 114 Å². The number of rotatable bonds is 7. The van der Waals surface area contributed by atoms with Crippen LogP contribution in [0.15, 0.2) is 5.16 Å². The minimum Gasteiger partial charge on any atom is -0.352 e. The molecule has 1 rings (SSSR count). The SMILES string of the molecule is CCOC(CSc1nc(C)c(C)c(C)n1)OCC. The summed E-state index contributed by atoms with van der Waals surface area (Å²) in [6.45, 7) is 11.3. The van der Waals surface area contributed by atoms with Gasteiger partial charge in [0.25, 0.3) is 0 Å². The van der Waals surface area contributed by atoms with Gasteiger partial charge in [-0.3, -0.25) is 0 Å². The highest BCUT2D eigenvalue weighted by atomic mass is 32.2. The lowest BCUT2D eigenvalue weighted by atomic mass is 10.2. The van der Waals surface area contributed by atoms with Crippen molar-refractivity contribution < 1.29 is 9.47 Å². The highest BCUT2D eigenvalue weighted by Gasteiger charge is 2.11. The summed E-state index contributed by atoms with van der Waals surface area (Å²) in [7, 11) is 0. The molecule has 0 atom stereocenters. The second-order valence-corrected chi connectivity index (χ2v) is 4.94. The van der Waals surface area contributed by atoms with Crippen LogP contribution in [0, 0.1) is 20.8 Å². The summed E-state index contributed by atoms with van der Waals surface area (Å²) in [5.74, 6) is 0.712. The molecule has 1 aromatic rings. The molecule has 5 heteroatoms. The van der Waals surface area contributed by atoms with Crippen molar-refractivity contribution in [3.8, 4) is 0 Å². The van der Waals surface area contributed by atoms with Crippen LogP contribution in [0.3, 0.4) is 0 Å². The summed E-state index contributed by atoms with van der Waals surface area (Å²) in [4.78, 5) is 8.93. The molecule has 0 bridgehead atoms. The highest BCUT2D eigenvalue weighted by Crippen LogP contribution is 2.19. The number of thioether (sulfide) groups is 1. The highest BCUT2D eigenvalue weighted by molar-refractivity contribution is 7.99. The van der Waals surface area contributed by atoms with Crippen LogP contribution < -0.4 is 0 Å². The van der Waals surface area contributed by atoms with Crippen molar-refractivity contribution in [2.75, 3.05) is 19.0 Å². The lowest BCUT2D eigenvalue weighted by Crippen LogP contribution is -2.20. The molecule has 1 heterocycles. The van der Waals surface area contributed by atoms with Crippen molar-refractivity contribution in [3.63, 3.8) is 0 Å². The van der Waals surface area contributed by atoms with Crippen molar-refractivity contribution in [1.29, 1.82) is 0 Å². The van der Waals surface area contributed by atoms with Crippen molar-refractivity contribution in [2.24, 2.45) is 0 Å². The molecule has 0 radical (unpaired) electrons. The molecule has 4 nitrogen and oxygen atoms in total. The first-order valence-corrected chi connectivity index (χ1v) is 7.24. The Morgan fingerprint density at radius 2 is 1.50 bits per heavy atom. The van der Waals surface area contributed by atoms with Gasteiger partial charge in [0, 0.05) is 24.6 Å². The van der Waals surface area contributed by atoms with Crippen LogP contribution in [0.5, 0.6) is 0 Å². The lowest BCUT2D eigenvalue weighted by Gasteiger charge is -2.16. The molecule has 0 N–H and O–H groups in total. The van der Waals surface area contributed by atoms with E-state index < -0.39 is 0 Å².